The van der Waals surface area contributed by atoms with Gasteiger partial charge in [0.25, 0.3) is 0 Å². The van der Waals surface area contributed by atoms with E-state index in [1.165, 1.54) is 19.2 Å². The Morgan fingerprint density at radius 1 is 1.24 bits per heavy atom. The van der Waals surface area contributed by atoms with Gasteiger partial charge in [0, 0.05) is 32.5 Å². The molecule has 0 spiro atoms. The Balaban J connectivity index is 2.43. The molecule has 0 saturated heterocycles. The minimum absolute atomic E-state index is 0.0110. The normalized spacial score (nSPS) is 12.8. The highest BCUT2D eigenvalue weighted by Gasteiger charge is 2.20. The third kappa shape index (κ3) is 7.18. The van der Waals surface area contributed by atoms with Crippen molar-refractivity contribution in [3.8, 4) is 0 Å². The van der Waals surface area contributed by atoms with Gasteiger partial charge >= 0.3 is 5.97 Å². The van der Waals surface area contributed by atoms with Crippen molar-refractivity contribution in [2.24, 2.45) is 0 Å². The molecule has 0 aliphatic carbocycles. The zero-order chi connectivity index (χ0) is 19.0. The summed E-state index contributed by atoms with van der Waals surface area (Å²) >= 11 is 0. The van der Waals surface area contributed by atoms with E-state index in [-0.39, 0.29) is 36.2 Å². The number of aliphatic carboxylic acids is 1. The number of carboxylic acid groups (broad SMARTS) is 1. The molecule has 1 amide bonds. The summed E-state index contributed by atoms with van der Waals surface area (Å²) in [4.78, 5) is 22.2. The summed E-state index contributed by atoms with van der Waals surface area (Å²) < 4.78 is 38.6. The fraction of sp³-hybridized carbons (Fsp3) is 0.500. The summed E-state index contributed by atoms with van der Waals surface area (Å²) in [6.07, 6.45) is 0.745. The summed E-state index contributed by atoms with van der Waals surface area (Å²) in [6.45, 7) is 1.85. The minimum Gasteiger partial charge on any atom is -0.481 e. The predicted molar refractivity (Wildman–Crippen MR) is 89.9 cm³/mol. The van der Waals surface area contributed by atoms with E-state index in [0.29, 0.717) is 12.8 Å². The number of hydrogen-bond acceptors (Lipinski definition) is 4. The molecule has 140 valence electrons. The van der Waals surface area contributed by atoms with Gasteiger partial charge in [-0.15, -0.1) is 0 Å². The summed E-state index contributed by atoms with van der Waals surface area (Å²) in [5.74, 6) is -1.70. The molecule has 1 unspecified atom stereocenters. The van der Waals surface area contributed by atoms with Crippen LogP contribution in [0.2, 0.25) is 0 Å². The summed E-state index contributed by atoms with van der Waals surface area (Å²) in [5.41, 5.74) is 0. The van der Waals surface area contributed by atoms with Crippen LogP contribution in [0.4, 0.5) is 4.39 Å². The quantitative estimate of drug-likeness (QED) is 0.647. The van der Waals surface area contributed by atoms with Gasteiger partial charge in [-0.25, -0.2) is 17.1 Å². The van der Waals surface area contributed by atoms with Crippen molar-refractivity contribution in [1.29, 1.82) is 0 Å². The Hall–Kier alpha value is -2.00. The number of benzene rings is 1. The van der Waals surface area contributed by atoms with Crippen molar-refractivity contribution in [2.75, 3.05) is 13.6 Å². The lowest BCUT2D eigenvalue weighted by molar-refractivity contribution is -0.137. The van der Waals surface area contributed by atoms with Crippen molar-refractivity contribution in [3.05, 3.63) is 30.1 Å². The molecule has 0 fully saturated rings. The van der Waals surface area contributed by atoms with E-state index in [1.54, 1.807) is 6.92 Å². The number of amides is 1. The lowest BCUT2D eigenvalue weighted by atomic mass is 10.1. The molecule has 25 heavy (non-hydrogen) atoms. The predicted octanol–water partition coefficient (Wildman–Crippen LogP) is 1.60. The van der Waals surface area contributed by atoms with Crippen molar-refractivity contribution in [3.63, 3.8) is 0 Å². The van der Waals surface area contributed by atoms with Crippen LogP contribution in [0, 0.1) is 5.82 Å². The minimum atomic E-state index is -3.73. The maximum atomic E-state index is 12.9. The highest BCUT2D eigenvalue weighted by atomic mass is 32.2. The molecular weight excluding hydrogens is 351 g/mol. The van der Waals surface area contributed by atoms with Crippen LogP contribution in [0.15, 0.2) is 29.2 Å². The maximum Gasteiger partial charge on any atom is 0.303 e. The first kappa shape index (κ1) is 21.0. The Labute approximate surface area is 146 Å². The lowest BCUT2D eigenvalue weighted by Crippen LogP contribution is -2.34. The number of hydrogen-bond donors (Lipinski definition) is 2. The largest absolute Gasteiger partial charge is 0.481 e. The summed E-state index contributed by atoms with van der Waals surface area (Å²) in [7, 11) is -2.33. The summed E-state index contributed by atoms with van der Waals surface area (Å²) in [6, 6.07) is 4.28. The second kappa shape index (κ2) is 9.47. The van der Waals surface area contributed by atoms with Gasteiger partial charge in [-0.1, -0.05) is 0 Å². The number of carboxylic acids is 1. The second-order valence-corrected chi connectivity index (χ2v) is 7.83. The molecule has 1 aromatic rings. The molecule has 0 aliphatic rings. The Kier molecular flexibility index (Phi) is 7.98. The topological polar surface area (TPSA) is 104 Å². The van der Waals surface area contributed by atoms with E-state index < -0.39 is 21.8 Å². The molecule has 2 N–H and O–H groups in total. The average molecular weight is 374 g/mol. The highest BCUT2D eigenvalue weighted by molar-refractivity contribution is 7.89. The van der Waals surface area contributed by atoms with Crippen molar-refractivity contribution >= 4 is 21.9 Å². The molecular formula is C16H23FN2O5S. The van der Waals surface area contributed by atoms with Gasteiger partial charge in [-0.3, -0.25) is 9.59 Å². The number of sulfonamides is 1. The fourth-order valence-electron chi connectivity index (χ4n) is 2.13. The van der Waals surface area contributed by atoms with Crippen LogP contribution in [0.5, 0.6) is 0 Å². The molecule has 0 saturated carbocycles. The van der Waals surface area contributed by atoms with Crippen molar-refractivity contribution in [1.82, 2.24) is 9.62 Å². The van der Waals surface area contributed by atoms with Crippen LogP contribution in [0.25, 0.3) is 0 Å². The molecule has 9 heteroatoms. The summed E-state index contributed by atoms with van der Waals surface area (Å²) in [5, 5.41) is 11.3. The third-order valence-corrected chi connectivity index (χ3v) is 5.47. The first-order valence-electron chi connectivity index (χ1n) is 7.86. The number of rotatable bonds is 10. The van der Waals surface area contributed by atoms with Crippen molar-refractivity contribution < 1.29 is 27.5 Å². The SMILES string of the molecule is CC(CCC(=O)O)NC(=O)CCCN(C)S(=O)(=O)c1ccc(F)cc1. The molecule has 0 aliphatic heterocycles. The van der Waals surface area contributed by atoms with Crippen LogP contribution in [0.3, 0.4) is 0 Å². The monoisotopic (exact) mass is 374 g/mol. The number of carbonyl (C=O) groups is 2. The van der Waals surface area contributed by atoms with E-state index in [9.17, 15) is 22.4 Å². The van der Waals surface area contributed by atoms with Gasteiger partial charge in [0.2, 0.25) is 15.9 Å². The fourth-order valence-corrected chi connectivity index (χ4v) is 3.34. The van der Waals surface area contributed by atoms with Crippen LogP contribution < -0.4 is 5.32 Å². The number of nitrogens with zero attached hydrogens (tertiary/aromatic N) is 1. The van der Waals surface area contributed by atoms with Crippen molar-refractivity contribution in [2.45, 2.75) is 43.5 Å². The van der Waals surface area contributed by atoms with Crippen LogP contribution in [-0.4, -0.2) is 49.3 Å². The zero-order valence-corrected chi connectivity index (χ0v) is 15.1. The van der Waals surface area contributed by atoms with E-state index in [1.807, 2.05) is 0 Å². The molecule has 0 bridgehead atoms. The van der Waals surface area contributed by atoms with E-state index >= 15 is 0 Å². The standard InChI is InChI=1S/C16H23FN2O5S/c1-12(5-10-16(21)22)18-15(20)4-3-11-19(2)25(23,24)14-8-6-13(17)7-9-14/h6-9,12H,3-5,10-11H2,1-2H3,(H,18,20)(H,21,22). The third-order valence-electron chi connectivity index (χ3n) is 3.60. The second-order valence-electron chi connectivity index (χ2n) is 5.79. The van der Waals surface area contributed by atoms with E-state index in [0.717, 1.165) is 16.4 Å². The average Bonchev–Trinajstić information content (AvgIpc) is 2.53. The number of halogens is 1. The smallest absolute Gasteiger partial charge is 0.303 e. The van der Waals surface area contributed by atoms with E-state index in [4.69, 9.17) is 5.11 Å². The molecule has 1 rings (SSSR count). The number of carbonyl (C=O) groups excluding carboxylic acids is 1. The Morgan fingerprint density at radius 3 is 2.40 bits per heavy atom. The molecule has 0 radical (unpaired) electrons. The van der Waals surface area contributed by atoms with Crippen LogP contribution >= 0.6 is 0 Å². The molecule has 0 heterocycles. The highest BCUT2D eigenvalue weighted by Crippen LogP contribution is 2.15. The lowest BCUT2D eigenvalue weighted by Gasteiger charge is -2.17. The maximum absolute atomic E-state index is 12.9. The Morgan fingerprint density at radius 2 is 1.84 bits per heavy atom. The van der Waals surface area contributed by atoms with Gasteiger partial charge in [0.05, 0.1) is 4.90 Å². The van der Waals surface area contributed by atoms with Gasteiger partial charge in [0.15, 0.2) is 0 Å². The molecule has 7 nitrogen and oxygen atoms in total. The first-order chi connectivity index (χ1) is 11.6. The van der Waals surface area contributed by atoms with Crippen LogP contribution in [-0.2, 0) is 19.6 Å². The molecule has 0 aromatic heterocycles. The van der Waals surface area contributed by atoms with Gasteiger partial charge in [-0.05, 0) is 44.0 Å². The van der Waals surface area contributed by atoms with Gasteiger partial charge in [-0.2, -0.15) is 0 Å². The van der Waals surface area contributed by atoms with E-state index in [2.05, 4.69) is 5.32 Å². The Bertz CT molecular complexity index is 691. The molecule has 1 atom stereocenters. The van der Waals surface area contributed by atoms with Gasteiger partial charge < -0.3 is 10.4 Å². The number of nitrogens with one attached hydrogen (secondary N) is 1. The first-order valence-corrected chi connectivity index (χ1v) is 9.30. The van der Waals surface area contributed by atoms with Gasteiger partial charge in [0.1, 0.15) is 5.82 Å². The molecule has 1 aromatic carbocycles. The zero-order valence-electron chi connectivity index (χ0n) is 14.2. The van der Waals surface area contributed by atoms with Crippen LogP contribution in [0.1, 0.15) is 32.6 Å².